The lowest BCUT2D eigenvalue weighted by Crippen LogP contribution is -2.30. The van der Waals surface area contributed by atoms with Crippen molar-refractivity contribution < 1.29 is 0 Å². The van der Waals surface area contributed by atoms with Crippen LogP contribution in [-0.2, 0) is 6.54 Å². The average Bonchev–Trinajstić information content (AvgIpc) is 2.38. The van der Waals surface area contributed by atoms with E-state index in [1.165, 1.54) is 27.8 Å². The smallest absolute Gasteiger partial charge is 0.0471 e. The lowest BCUT2D eigenvalue weighted by Gasteiger charge is -2.28. The molecule has 2 N–H and O–H groups in total. The molecule has 21 heavy (non-hydrogen) atoms. The van der Waals surface area contributed by atoms with E-state index in [1.807, 2.05) is 0 Å². The number of hydrogen-bond donors (Lipinski definition) is 1. The Balaban J connectivity index is 2.20. The third-order valence-corrected chi connectivity index (χ3v) is 3.90. The molecule has 112 valence electrons. The van der Waals surface area contributed by atoms with Gasteiger partial charge in [-0.3, -0.25) is 4.90 Å². The minimum absolute atomic E-state index is 0.254. The van der Waals surface area contributed by atoms with Gasteiger partial charge in [0.2, 0.25) is 0 Å². The fourth-order valence-electron chi connectivity index (χ4n) is 2.98. The highest BCUT2D eigenvalue weighted by Gasteiger charge is 2.16. The fourth-order valence-corrected chi connectivity index (χ4v) is 2.98. The first-order valence-electron chi connectivity index (χ1n) is 7.53. The number of likely N-dealkylation sites (N-methyl/N-ethyl adjacent to an activating group) is 1. The Kier molecular flexibility index (Phi) is 5.16. The summed E-state index contributed by atoms with van der Waals surface area (Å²) < 4.78 is 0. The molecule has 1 atom stereocenters. The molecule has 0 heterocycles. The lowest BCUT2D eigenvalue weighted by molar-refractivity contribution is 0.241. The summed E-state index contributed by atoms with van der Waals surface area (Å²) in [6, 6.07) is 15.6. The summed E-state index contributed by atoms with van der Waals surface area (Å²) in [7, 11) is 2.15. The summed E-state index contributed by atoms with van der Waals surface area (Å²) >= 11 is 0. The van der Waals surface area contributed by atoms with Gasteiger partial charge >= 0.3 is 0 Å². The first kappa shape index (κ1) is 15.7. The van der Waals surface area contributed by atoms with Crippen LogP contribution in [-0.4, -0.2) is 18.5 Å². The van der Waals surface area contributed by atoms with Crippen molar-refractivity contribution >= 4 is 0 Å². The maximum Gasteiger partial charge on any atom is 0.0471 e. The predicted molar refractivity (Wildman–Crippen MR) is 90.4 cm³/mol. The van der Waals surface area contributed by atoms with Crippen molar-refractivity contribution in [1.29, 1.82) is 0 Å². The van der Waals surface area contributed by atoms with Crippen molar-refractivity contribution in [3.05, 3.63) is 70.3 Å². The first-order chi connectivity index (χ1) is 9.99. The van der Waals surface area contributed by atoms with Crippen molar-refractivity contribution in [1.82, 2.24) is 4.90 Å². The third kappa shape index (κ3) is 4.16. The van der Waals surface area contributed by atoms with Crippen molar-refractivity contribution in [2.75, 3.05) is 13.6 Å². The van der Waals surface area contributed by atoms with Gasteiger partial charge in [0.1, 0.15) is 0 Å². The van der Waals surface area contributed by atoms with Crippen LogP contribution < -0.4 is 5.73 Å². The van der Waals surface area contributed by atoms with Crippen LogP contribution in [0.4, 0.5) is 0 Å². The zero-order valence-electron chi connectivity index (χ0n) is 13.6. The highest BCUT2D eigenvalue weighted by molar-refractivity contribution is 5.31. The molecule has 0 amide bonds. The van der Waals surface area contributed by atoms with Crippen LogP contribution in [0.3, 0.4) is 0 Å². The molecule has 0 radical (unpaired) electrons. The summed E-state index contributed by atoms with van der Waals surface area (Å²) in [4.78, 5) is 2.34. The molecule has 0 fully saturated rings. The number of aryl methyl sites for hydroxylation is 3. The van der Waals surface area contributed by atoms with Gasteiger partial charge in [-0.1, -0.05) is 59.2 Å². The van der Waals surface area contributed by atoms with E-state index in [0.29, 0.717) is 6.54 Å². The fraction of sp³-hybridized carbons (Fsp3) is 0.368. The SMILES string of the molecule is Cc1cccc(CN(C)C(CN)c2cc(C)cc(C)c2)c1. The lowest BCUT2D eigenvalue weighted by atomic mass is 10.00. The number of benzene rings is 2. The van der Waals surface area contributed by atoms with Crippen LogP contribution in [0, 0.1) is 20.8 Å². The molecule has 0 saturated carbocycles. The highest BCUT2D eigenvalue weighted by Crippen LogP contribution is 2.23. The second-order valence-electron chi connectivity index (χ2n) is 6.08. The van der Waals surface area contributed by atoms with Crippen molar-refractivity contribution in [2.45, 2.75) is 33.4 Å². The van der Waals surface area contributed by atoms with E-state index in [0.717, 1.165) is 6.54 Å². The van der Waals surface area contributed by atoms with Crippen LogP contribution in [0.2, 0.25) is 0 Å². The Hall–Kier alpha value is -1.64. The van der Waals surface area contributed by atoms with Crippen LogP contribution in [0.15, 0.2) is 42.5 Å². The van der Waals surface area contributed by atoms with Gasteiger partial charge in [-0.15, -0.1) is 0 Å². The van der Waals surface area contributed by atoms with Crippen LogP contribution >= 0.6 is 0 Å². The molecule has 1 unspecified atom stereocenters. The molecule has 0 bridgehead atoms. The number of nitrogens with zero attached hydrogens (tertiary/aromatic N) is 1. The monoisotopic (exact) mass is 282 g/mol. The molecular formula is C19H26N2. The van der Waals surface area contributed by atoms with Crippen LogP contribution in [0.25, 0.3) is 0 Å². The average molecular weight is 282 g/mol. The minimum atomic E-state index is 0.254. The van der Waals surface area contributed by atoms with Crippen molar-refractivity contribution in [3.8, 4) is 0 Å². The normalized spacial score (nSPS) is 12.7. The standard InChI is InChI=1S/C19H26N2/c1-14-6-5-7-17(9-14)13-21(4)19(12-20)18-10-15(2)8-16(3)11-18/h5-11,19H,12-13,20H2,1-4H3. The Morgan fingerprint density at radius 2 is 1.62 bits per heavy atom. The Morgan fingerprint density at radius 1 is 0.952 bits per heavy atom. The van der Waals surface area contributed by atoms with E-state index in [1.54, 1.807) is 0 Å². The second-order valence-corrected chi connectivity index (χ2v) is 6.08. The van der Waals surface area contributed by atoms with Gasteiger partial charge in [-0.2, -0.15) is 0 Å². The maximum absolute atomic E-state index is 6.05. The zero-order chi connectivity index (χ0) is 15.4. The van der Waals surface area contributed by atoms with Crippen LogP contribution in [0.1, 0.15) is 33.9 Å². The molecule has 0 spiro atoms. The molecule has 0 aromatic heterocycles. The molecule has 2 rings (SSSR count). The van der Waals surface area contributed by atoms with Crippen LogP contribution in [0.5, 0.6) is 0 Å². The summed E-state index contributed by atoms with van der Waals surface area (Å²) in [5, 5.41) is 0. The zero-order valence-corrected chi connectivity index (χ0v) is 13.6. The molecule has 2 heteroatoms. The summed E-state index contributed by atoms with van der Waals surface area (Å²) in [6.45, 7) is 7.96. The van der Waals surface area contributed by atoms with Gasteiger partial charge in [0.15, 0.2) is 0 Å². The van der Waals surface area contributed by atoms with E-state index in [2.05, 4.69) is 75.2 Å². The minimum Gasteiger partial charge on any atom is -0.329 e. The predicted octanol–water partition coefficient (Wildman–Crippen LogP) is 3.74. The van der Waals surface area contributed by atoms with E-state index < -0.39 is 0 Å². The largest absolute Gasteiger partial charge is 0.329 e. The molecule has 2 aromatic carbocycles. The van der Waals surface area contributed by atoms with Gasteiger partial charge in [-0.05, 0) is 38.9 Å². The maximum atomic E-state index is 6.05. The summed E-state index contributed by atoms with van der Waals surface area (Å²) in [6.07, 6.45) is 0. The van der Waals surface area contributed by atoms with Gasteiger partial charge < -0.3 is 5.73 Å². The molecule has 0 saturated heterocycles. The topological polar surface area (TPSA) is 29.3 Å². The van der Waals surface area contributed by atoms with Gasteiger partial charge in [-0.25, -0.2) is 0 Å². The molecule has 0 aliphatic carbocycles. The Morgan fingerprint density at radius 3 is 2.19 bits per heavy atom. The number of nitrogens with two attached hydrogens (primary N) is 1. The van der Waals surface area contributed by atoms with E-state index in [4.69, 9.17) is 5.73 Å². The number of hydrogen-bond acceptors (Lipinski definition) is 2. The quantitative estimate of drug-likeness (QED) is 0.905. The molecule has 2 aromatic rings. The third-order valence-electron chi connectivity index (χ3n) is 3.90. The second kappa shape index (κ2) is 6.88. The molecule has 2 nitrogen and oxygen atoms in total. The van der Waals surface area contributed by atoms with Crippen molar-refractivity contribution in [2.24, 2.45) is 5.73 Å². The van der Waals surface area contributed by atoms with Crippen molar-refractivity contribution in [3.63, 3.8) is 0 Å². The molecule has 0 aliphatic heterocycles. The summed E-state index contributed by atoms with van der Waals surface area (Å²) in [5.74, 6) is 0. The van der Waals surface area contributed by atoms with Gasteiger partial charge in [0, 0.05) is 19.1 Å². The number of rotatable bonds is 5. The Labute approximate surface area is 128 Å². The summed E-state index contributed by atoms with van der Waals surface area (Å²) in [5.41, 5.74) is 12.6. The van der Waals surface area contributed by atoms with Gasteiger partial charge in [0.25, 0.3) is 0 Å². The molecular weight excluding hydrogens is 256 g/mol. The van der Waals surface area contributed by atoms with Gasteiger partial charge in [0.05, 0.1) is 0 Å². The molecule has 0 aliphatic rings. The first-order valence-corrected chi connectivity index (χ1v) is 7.53. The Bertz CT molecular complexity index is 584. The van der Waals surface area contributed by atoms with E-state index >= 15 is 0 Å². The highest BCUT2D eigenvalue weighted by atomic mass is 15.1. The van der Waals surface area contributed by atoms with E-state index in [-0.39, 0.29) is 6.04 Å². The van der Waals surface area contributed by atoms with E-state index in [9.17, 15) is 0 Å².